The van der Waals surface area contributed by atoms with Crippen LogP contribution in [0.25, 0.3) is 0 Å². The average Bonchev–Trinajstić information content (AvgIpc) is 2.43. The number of carbonyl (C=O) groups is 1. The summed E-state index contributed by atoms with van der Waals surface area (Å²) in [7, 11) is 0. The number of carboxylic acids is 1. The van der Waals surface area contributed by atoms with E-state index in [1.807, 2.05) is 0 Å². The van der Waals surface area contributed by atoms with Crippen molar-refractivity contribution in [1.82, 2.24) is 0 Å². The van der Waals surface area contributed by atoms with E-state index in [1.54, 1.807) is 0 Å². The zero-order chi connectivity index (χ0) is 14.9. The van der Waals surface area contributed by atoms with Crippen molar-refractivity contribution in [2.24, 2.45) is 0 Å². The maximum absolute atomic E-state index is 10.3. The minimum Gasteiger partial charge on any atom is -1.00 e. The molecule has 4 heteroatoms. The largest absolute Gasteiger partial charge is 1.00 e. The Balaban J connectivity index is -0.000000301. The van der Waals surface area contributed by atoms with E-state index < -0.39 is 5.97 Å². The van der Waals surface area contributed by atoms with Gasteiger partial charge in [-0.3, -0.25) is 4.79 Å². The van der Waals surface area contributed by atoms with Gasteiger partial charge in [-0.05, 0) is 6.42 Å². The Kier molecular flexibility index (Phi) is 32.3. The molecule has 0 fully saturated rings. The van der Waals surface area contributed by atoms with Gasteiger partial charge in [0.15, 0.2) is 0 Å². The minimum atomic E-state index is -0.653. The number of rotatable bonds is 16. The third-order valence-electron chi connectivity index (χ3n) is 3.99. The number of carboxylic acid groups (broad SMARTS) is 1. The van der Waals surface area contributed by atoms with Gasteiger partial charge in [0.05, 0.1) is 0 Å². The van der Waals surface area contributed by atoms with Crippen LogP contribution in [0.15, 0.2) is 0 Å². The normalized spacial score (nSPS) is 9.86. The molecule has 0 aromatic rings. The Bertz CT molecular complexity index is 223. The third-order valence-corrected chi connectivity index (χ3v) is 3.99. The molecule has 124 valence electrons. The van der Waals surface area contributed by atoms with E-state index in [0.717, 1.165) is 12.8 Å². The van der Waals surface area contributed by atoms with Crippen molar-refractivity contribution in [3.05, 3.63) is 0 Å². The van der Waals surface area contributed by atoms with Crippen molar-refractivity contribution >= 4 is 5.97 Å². The van der Waals surface area contributed by atoms with Crippen LogP contribution in [0.1, 0.15) is 113 Å². The molecular weight excluding hydrogens is 294 g/mol. The van der Waals surface area contributed by atoms with E-state index in [9.17, 15) is 4.79 Å². The predicted octanol–water partition coefficient (Wildman–Crippen LogP) is 0.566. The molecule has 0 aliphatic heterocycles. The molecule has 0 heterocycles. The van der Waals surface area contributed by atoms with Gasteiger partial charge in [-0.15, -0.1) is 0 Å². The molecule has 0 unspecified atom stereocenters. The summed E-state index contributed by atoms with van der Waals surface area (Å²) in [6.45, 7) is 2.27. The van der Waals surface area contributed by atoms with E-state index in [4.69, 9.17) is 5.11 Å². The van der Waals surface area contributed by atoms with Crippen LogP contribution >= 0.6 is 0 Å². The minimum absolute atomic E-state index is 0. The molecule has 1 N–H and O–H groups in total. The molecule has 0 atom stereocenters. The van der Waals surface area contributed by atoms with E-state index in [-0.39, 0.29) is 73.1 Å². The molecular formula is C18H38KLiO2. The van der Waals surface area contributed by atoms with Gasteiger partial charge in [0.2, 0.25) is 0 Å². The smallest absolute Gasteiger partial charge is 1.00 e. The monoisotopic (exact) mass is 332 g/mol. The zero-order valence-electron chi connectivity index (χ0n) is 17.7. The first-order valence-corrected chi connectivity index (χ1v) is 8.99. The van der Waals surface area contributed by atoms with Crippen molar-refractivity contribution in [1.29, 1.82) is 0 Å². The summed E-state index contributed by atoms with van der Waals surface area (Å²) in [4.78, 5) is 10.3. The summed E-state index contributed by atoms with van der Waals surface area (Å²) < 4.78 is 0. The predicted molar refractivity (Wildman–Crippen MR) is 89.4 cm³/mol. The molecule has 2 nitrogen and oxygen atoms in total. The molecule has 0 spiro atoms. The summed E-state index contributed by atoms with van der Waals surface area (Å²) in [5.41, 5.74) is 0. The summed E-state index contributed by atoms with van der Waals surface area (Å²) in [5.74, 6) is -0.653. The first-order chi connectivity index (χ1) is 9.77. The fourth-order valence-corrected chi connectivity index (χ4v) is 2.65. The van der Waals surface area contributed by atoms with Gasteiger partial charge in [0.25, 0.3) is 0 Å². The Morgan fingerprint density at radius 3 is 1.23 bits per heavy atom. The van der Waals surface area contributed by atoms with Gasteiger partial charge in [-0.2, -0.15) is 0 Å². The molecule has 0 bridgehead atoms. The Morgan fingerprint density at radius 2 is 0.955 bits per heavy atom. The van der Waals surface area contributed by atoms with Crippen LogP contribution in [0.5, 0.6) is 0 Å². The van der Waals surface area contributed by atoms with Crippen LogP contribution in [0.2, 0.25) is 0 Å². The van der Waals surface area contributed by atoms with Crippen molar-refractivity contribution in [2.75, 3.05) is 0 Å². The maximum atomic E-state index is 10.3. The van der Waals surface area contributed by atoms with Crippen LogP contribution in [0, 0.1) is 0 Å². The Hall–Kier alpha value is 1.70. The second-order valence-electron chi connectivity index (χ2n) is 6.09. The fraction of sp³-hybridized carbons (Fsp3) is 0.944. The maximum Gasteiger partial charge on any atom is 1.00 e. The summed E-state index contributed by atoms with van der Waals surface area (Å²) in [5, 5.41) is 8.52. The van der Waals surface area contributed by atoms with Crippen LogP contribution in [0.3, 0.4) is 0 Å². The Morgan fingerprint density at radius 1 is 0.682 bits per heavy atom. The van der Waals surface area contributed by atoms with Crippen molar-refractivity contribution in [3.8, 4) is 0 Å². The van der Waals surface area contributed by atoms with Crippen LogP contribution in [-0.4, -0.2) is 11.1 Å². The van der Waals surface area contributed by atoms with Crippen LogP contribution in [-0.2, 0) is 4.79 Å². The second kappa shape index (κ2) is 24.9. The molecule has 0 aromatic heterocycles. The van der Waals surface area contributed by atoms with Gasteiger partial charge in [0.1, 0.15) is 0 Å². The SMILES string of the molecule is CCCCCCCCCCCCCCCCCC(=O)O.[H-].[H-].[K+].[Li+]. The summed E-state index contributed by atoms with van der Waals surface area (Å²) in [6, 6.07) is 0. The van der Waals surface area contributed by atoms with E-state index in [0.29, 0.717) is 6.42 Å². The number of unbranched alkanes of at least 4 members (excludes halogenated alkanes) is 14. The van der Waals surface area contributed by atoms with Gasteiger partial charge in [-0.1, -0.05) is 96.8 Å². The second-order valence-corrected chi connectivity index (χ2v) is 6.09. The molecule has 0 aliphatic rings. The number of aliphatic carboxylic acids is 1. The molecule has 22 heavy (non-hydrogen) atoms. The molecule has 0 aliphatic carbocycles. The van der Waals surface area contributed by atoms with Crippen LogP contribution in [0.4, 0.5) is 0 Å². The Labute approximate surface area is 196 Å². The van der Waals surface area contributed by atoms with Crippen molar-refractivity contribution in [2.45, 2.75) is 110 Å². The van der Waals surface area contributed by atoms with Gasteiger partial charge >= 0.3 is 76.2 Å². The molecule has 0 aromatic carbocycles. The first-order valence-electron chi connectivity index (χ1n) is 8.99. The molecule has 0 radical (unpaired) electrons. The van der Waals surface area contributed by atoms with Gasteiger partial charge in [0, 0.05) is 6.42 Å². The first kappa shape index (κ1) is 28.5. The average molecular weight is 333 g/mol. The fourth-order valence-electron chi connectivity index (χ4n) is 2.65. The molecule has 0 saturated carbocycles. The van der Waals surface area contributed by atoms with E-state index >= 15 is 0 Å². The third kappa shape index (κ3) is 26.6. The van der Waals surface area contributed by atoms with E-state index in [1.165, 1.54) is 83.5 Å². The number of hydrogen-bond donors (Lipinski definition) is 1. The number of hydrogen-bond acceptors (Lipinski definition) is 1. The quantitative estimate of drug-likeness (QED) is 0.331. The van der Waals surface area contributed by atoms with Crippen LogP contribution < -0.4 is 70.2 Å². The summed E-state index contributed by atoms with van der Waals surface area (Å²) in [6.07, 6.45) is 20.2. The standard InChI is InChI=1S/C18H36O2.K.Li.2H/c1-2-3-4-5-6-7-8-9-10-11-12-13-14-15-16-17-18(19)20;;;;/h2-17H2,1H3,(H,19,20);;;;/q;2*+1;2*-1. The molecule has 0 saturated heterocycles. The molecule has 0 amide bonds. The van der Waals surface area contributed by atoms with Crippen molar-refractivity contribution < 1.29 is 83.0 Å². The van der Waals surface area contributed by atoms with E-state index in [2.05, 4.69) is 6.92 Å². The van der Waals surface area contributed by atoms with Gasteiger partial charge < -0.3 is 7.96 Å². The zero-order valence-corrected chi connectivity index (χ0v) is 18.8. The van der Waals surface area contributed by atoms with Gasteiger partial charge in [-0.25, -0.2) is 0 Å². The summed E-state index contributed by atoms with van der Waals surface area (Å²) >= 11 is 0. The topological polar surface area (TPSA) is 37.3 Å². The molecule has 0 rings (SSSR count). The van der Waals surface area contributed by atoms with Crippen molar-refractivity contribution in [3.63, 3.8) is 0 Å².